The van der Waals surface area contributed by atoms with Crippen LogP contribution in [-0.2, 0) is 6.18 Å². The molecule has 13 heavy (non-hydrogen) atoms. The van der Waals surface area contributed by atoms with Gasteiger partial charge in [0.15, 0.2) is 0 Å². The minimum atomic E-state index is -4.51. The number of hydrogen-bond acceptors (Lipinski definition) is 2. The Labute approximate surface area is 85.0 Å². The maximum atomic E-state index is 12.2. The van der Waals surface area contributed by atoms with Crippen LogP contribution in [0.5, 0.6) is 0 Å². The second-order valence-electron chi connectivity index (χ2n) is 2.19. The molecule has 72 valence electrons. The molecule has 0 saturated carbocycles. The SMILES string of the molecule is Nc1nc(Cl)c(C(F)(F)F)cc1Br. The first kappa shape index (κ1) is 10.6. The van der Waals surface area contributed by atoms with Gasteiger partial charge in [-0.25, -0.2) is 4.98 Å². The first-order valence-electron chi connectivity index (χ1n) is 3.01. The van der Waals surface area contributed by atoms with E-state index in [4.69, 9.17) is 17.3 Å². The first-order valence-corrected chi connectivity index (χ1v) is 4.18. The Morgan fingerprint density at radius 3 is 2.46 bits per heavy atom. The fourth-order valence-corrected chi connectivity index (χ4v) is 1.25. The molecule has 0 atom stereocenters. The van der Waals surface area contributed by atoms with Crippen LogP contribution in [0.25, 0.3) is 0 Å². The van der Waals surface area contributed by atoms with Crippen molar-refractivity contribution in [2.24, 2.45) is 0 Å². The molecule has 7 heteroatoms. The van der Waals surface area contributed by atoms with E-state index in [9.17, 15) is 13.2 Å². The van der Waals surface area contributed by atoms with Crippen molar-refractivity contribution in [1.82, 2.24) is 4.98 Å². The summed E-state index contributed by atoms with van der Waals surface area (Å²) in [6.45, 7) is 0. The van der Waals surface area contributed by atoms with E-state index in [2.05, 4.69) is 20.9 Å². The van der Waals surface area contributed by atoms with Gasteiger partial charge in [-0.3, -0.25) is 0 Å². The van der Waals surface area contributed by atoms with Gasteiger partial charge in [-0.1, -0.05) is 11.6 Å². The predicted molar refractivity (Wildman–Crippen MR) is 46.4 cm³/mol. The lowest BCUT2D eigenvalue weighted by atomic mass is 10.3. The normalized spacial score (nSPS) is 11.8. The molecule has 1 aromatic heterocycles. The minimum Gasteiger partial charge on any atom is -0.383 e. The Hall–Kier alpha value is -0.490. The van der Waals surface area contributed by atoms with Gasteiger partial charge in [0, 0.05) is 0 Å². The number of pyridine rings is 1. The highest BCUT2D eigenvalue weighted by Gasteiger charge is 2.34. The summed E-state index contributed by atoms with van der Waals surface area (Å²) in [7, 11) is 0. The number of rotatable bonds is 0. The molecule has 1 rings (SSSR count). The number of nitrogen functional groups attached to an aromatic ring is 1. The van der Waals surface area contributed by atoms with Crippen molar-refractivity contribution < 1.29 is 13.2 Å². The van der Waals surface area contributed by atoms with Gasteiger partial charge in [-0.15, -0.1) is 0 Å². The fraction of sp³-hybridized carbons (Fsp3) is 0.167. The van der Waals surface area contributed by atoms with Crippen LogP contribution < -0.4 is 5.73 Å². The van der Waals surface area contributed by atoms with Crippen molar-refractivity contribution in [1.29, 1.82) is 0 Å². The topological polar surface area (TPSA) is 38.9 Å². The first-order chi connectivity index (χ1) is 5.82. The summed E-state index contributed by atoms with van der Waals surface area (Å²) in [6.07, 6.45) is -4.51. The van der Waals surface area contributed by atoms with Gasteiger partial charge in [0.05, 0.1) is 10.0 Å². The summed E-state index contributed by atoms with van der Waals surface area (Å²) in [5.41, 5.74) is 4.22. The van der Waals surface area contributed by atoms with Crippen LogP contribution in [0, 0.1) is 0 Å². The molecule has 0 radical (unpaired) electrons. The van der Waals surface area contributed by atoms with E-state index in [0.717, 1.165) is 6.07 Å². The second-order valence-corrected chi connectivity index (χ2v) is 3.40. The minimum absolute atomic E-state index is 0.0713. The Morgan fingerprint density at radius 2 is 2.00 bits per heavy atom. The third kappa shape index (κ3) is 2.25. The van der Waals surface area contributed by atoms with E-state index in [1.165, 1.54) is 0 Å². The van der Waals surface area contributed by atoms with Gasteiger partial charge >= 0.3 is 6.18 Å². The van der Waals surface area contributed by atoms with Gasteiger partial charge in [-0.05, 0) is 22.0 Å². The van der Waals surface area contributed by atoms with Crippen molar-refractivity contribution >= 4 is 33.3 Å². The molecular weight excluding hydrogens is 272 g/mol. The molecule has 0 fully saturated rings. The lowest BCUT2D eigenvalue weighted by molar-refractivity contribution is -0.137. The van der Waals surface area contributed by atoms with E-state index in [-0.39, 0.29) is 10.3 Å². The van der Waals surface area contributed by atoms with Gasteiger partial charge in [0.1, 0.15) is 11.0 Å². The van der Waals surface area contributed by atoms with Crippen LogP contribution >= 0.6 is 27.5 Å². The highest BCUT2D eigenvalue weighted by molar-refractivity contribution is 9.10. The zero-order valence-corrected chi connectivity index (χ0v) is 8.33. The molecule has 0 aliphatic carbocycles. The molecule has 0 unspecified atom stereocenters. The van der Waals surface area contributed by atoms with Crippen LogP contribution in [0.4, 0.5) is 19.0 Å². The number of halogens is 5. The fourth-order valence-electron chi connectivity index (χ4n) is 0.678. The molecule has 0 aliphatic rings. The molecule has 1 aromatic rings. The summed E-state index contributed by atoms with van der Waals surface area (Å²) in [5, 5.41) is -0.645. The van der Waals surface area contributed by atoms with Gasteiger partial charge in [0.2, 0.25) is 0 Å². The molecule has 0 bridgehead atoms. The number of alkyl halides is 3. The van der Waals surface area contributed by atoms with Crippen molar-refractivity contribution in [3.8, 4) is 0 Å². The summed E-state index contributed by atoms with van der Waals surface area (Å²) in [6, 6.07) is 0.796. The number of aromatic nitrogens is 1. The van der Waals surface area contributed by atoms with E-state index in [1.54, 1.807) is 0 Å². The maximum Gasteiger partial charge on any atom is 0.419 e. The highest BCUT2D eigenvalue weighted by atomic mass is 79.9. The van der Waals surface area contributed by atoms with Crippen LogP contribution in [-0.4, -0.2) is 4.98 Å². The summed E-state index contributed by atoms with van der Waals surface area (Å²) >= 11 is 8.08. The zero-order valence-electron chi connectivity index (χ0n) is 5.99. The second kappa shape index (κ2) is 3.34. The smallest absolute Gasteiger partial charge is 0.383 e. The quantitative estimate of drug-likeness (QED) is 0.739. The molecular formula is C6H3BrClF3N2. The number of anilines is 1. The molecule has 0 aliphatic heterocycles. The Bertz CT molecular complexity index is 339. The zero-order chi connectivity index (χ0) is 10.2. The maximum absolute atomic E-state index is 12.2. The lowest BCUT2D eigenvalue weighted by Crippen LogP contribution is -2.08. The van der Waals surface area contributed by atoms with E-state index >= 15 is 0 Å². The number of nitrogens with two attached hydrogens (primary N) is 1. The molecule has 0 aromatic carbocycles. The Balaban J connectivity index is 3.32. The predicted octanol–water partition coefficient (Wildman–Crippen LogP) is 3.10. The third-order valence-electron chi connectivity index (χ3n) is 1.26. The monoisotopic (exact) mass is 274 g/mol. The van der Waals surface area contributed by atoms with Gasteiger partial charge < -0.3 is 5.73 Å². The summed E-state index contributed by atoms with van der Waals surface area (Å²) < 4.78 is 36.6. The van der Waals surface area contributed by atoms with Crippen LogP contribution in [0.3, 0.4) is 0 Å². The molecule has 0 amide bonds. The van der Waals surface area contributed by atoms with E-state index < -0.39 is 16.9 Å². The largest absolute Gasteiger partial charge is 0.419 e. The summed E-state index contributed by atoms with van der Waals surface area (Å²) in [5.74, 6) is -0.0713. The van der Waals surface area contributed by atoms with E-state index in [1.807, 2.05) is 0 Å². The number of nitrogens with zero attached hydrogens (tertiary/aromatic N) is 1. The molecule has 0 spiro atoms. The molecule has 0 saturated heterocycles. The van der Waals surface area contributed by atoms with Gasteiger partial charge in [-0.2, -0.15) is 13.2 Å². The van der Waals surface area contributed by atoms with Crippen LogP contribution in [0.1, 0.15) is 5.56 Å². The number of hydrogen-bond donors (Lipinski definition) is 1. The van der Waals surface area contributed by atoms with Gasteiger partial charge in [0.25, 0.3) is 0 Å². The highest BCUT2D eigenvalue weighted by Crippen LogP contribution is 2.36. The Morgan fingerprint density at radius 1 is 1.46 bits per heavy atom. The molecule has 2 nitrogen and oxygen atoms in total. The molecule has 1 heterocycles. The van der Waals surface area contributed by atoms with Crippen molar-refractivity contribution in [2.45, 2.75) is 6.18 Å². The average molecular weight is 275 g/mol. The van der Waals surface area contributed by atoms with Crippen LogP contribution in [0.15, 0.2) is 10.5 Å². The van der Waals surface area contributed by atoms with Crippen molar-refractivity contribution in [2.75, 3.05) is 5.73 Å². The van der Waals surface area contributed by atoms with E-state index in [0.29, 0.717) is 0 Å². The Kier molecular flexibility index (Phi) is 2.72. The van der Waals surface area contributed by atoms with Crippen molar-refractivity contribution in [3.63, 3.8) is 0 Å². The average Bonchev–Trinajstić information content (AvgIpc) is 1.94. The van der Waals surface area contributed by atoms with Crippen LogP contribution in [0.2, 0.25) is 5.15 Å². The third-order valence-corrected chi connectivity index (χ3v) is 2.19. The lowest BCUT2D eigenvalue weighted by Gasteiger charge is -2.09. The summed E-state index contributed by atoms with van der Waals surface area (Å²) in [4.78, 5) is 3.32. The molecule has 2 N–H and O–H groups in total. The standard InChI is InChI=1S/C6H3BrClF3N2/c7-3-1-2(6(9,10)11)4(8)13-5(3)12/h1H,(H2,12,13). The van der Waals surface area contributed by atoms with Crippen molar-refractivity contribution in [3.05, 3.63) is 21.3 Å².